The predicted octanol–water partition coefficient (Wildman–Crippen LogP) is 7.01. The number of hydrogen-bond acceptors (Lipinski definition) is 2. The zero-order valence-corrected chi connectivity index (χ0v) is 25.5. The molecule has 210 valence electrons. The normalized spacial score (nSPS) is 11.2. The second kappa shape index (κ2) is 34.1. The van der Waals surface area contributed by atoms with Gasteiger partial charge in [-0.05, 0) is 12.8 Å². The van der Waals surface area contributed by atoms with E-state index in [0.717, 1.165) is 26.1 Å². The number of ether oxygens (including phenoxy) is 2. The number of nitrogens with zero attached hydrogens (tertiary/aromatic N) is 1. The van der Waals surface area contributed by atoms with Gasteiger partial charge < -0.3 is 26.5 Å². The first-order valence-electron chi connectivity index (χ1n) is 15.5. The van der Waals surface area contributed by atoms with Crippen LogP contribution in [-0.2, 0) is 9.47 Å². The number of rotatable bonds is 30. The minimum absolute atomic E-state index is 0. The van der Waals surface area contributed by atoms with Crippen molar-refractivity contribution < 1.29 is 26.5 Å². The molecular formula is C31H62BrNO2. The molecule has 0 rings (SSSR count). The third-order valence-corrected chi connectivity index (χ3v) is 6.90. The Hall–Kier alpha value is 0.0700. The molecule has 0 unspecified atom stereocenters. The maximum atomic E-state index is 9.16. The highest BCUT2D eigenvalue weighted by atomic mass is 79.9. The Bertz CT molecular complexity index is 351. The van der Waals surface area contributed by atoms with Crippen LogP contribution in [0.3, 0.4) is 0 Å². The van der Waals surface area contributed by atoms with E-state index in [0.29, 0.717) is 6.42 Å². The summed E-state index contributed by atoms with van der Waals surface area (Å²) in [5, 5.41) is 9.16. The van der Waals surface area contributed by atoms with Crippen LogP contribution in [0.15, 0.2) is 0 Å². The molecule has 0 saturated carbocycles. The van der Waals surface area contributed by atoms with Crippen LogP contribution in [0.4, 0.5) is 0 Å². The van der Waals surface area contributed by atoms with Gasteiger partial charge in [-0.25, -0.2) is 0 Å². The average molecular weight is 561 g/mol. The molecule has 0 atom stereocenters. The summed E-state index contributed by atoms with van der Waals surface area (Å²) in [4.78, 5) is 0. The highest BCUT2D eigenvalue weighted by Crippen LogP contribution is 2.14. The van der Waals surface area contributed by atoms with Gasteiger partial charge in [-0.2, -0.15) is 0 Å². The molecule has 0 aromatic heterocycles. The van der Waals surface area contributed by atoms with E-state index in [1.54, 1.807) is 0 Å². The summed E-state index contributed by atoms with van der Waals surface area (Å²) in [5.41, 5.74) is 0. The molecular weight excluding hydrogens is 498 g/mol. The topological polar surface area (TPSA) is 40.8 Å². The molecule has 0 heterocycles. The molecule has 0 aliphatic carbocycles. The van der Waals surface area contributed by atoms with Crippen LogP contribution in [0.25, 0.3) is 0 Å². The molecule has 0 amide bonds. The Labute approximate surface area is 231 Å². The van der Waals surface area contributed by atoms with Crippen LogP contribution < -0.4 is 22.4 Å². The minimum atomic E-state index is -0.273. The Balaban J connectivity index is 0. The molecule has 0 bridgehead atoms. The lowest BCUT2D eigenvalue weighted by molar-refractivity contribution is -0.138. The second-order valence-electron chi connectivity index (χ2n) is 10.4. The van der Waals surface area contributed by atoms with Gasteiger partial charge in [0.05, 0.1) is 6.42 Å². The zero-order chi connectivity index (χ0) is 24.8. The minimum Gasteiger partial charge on any atom is -1.00 e. The van der Waals surface area contributed by atoms with E-state index >= 15 is 0 Å². The van der Waals surface area contributed by atoms with Crippen LogP contribution in [0, 0.1) is 0 Å². The third kappa shape index (κ3) is 32.0. The summed E-state index contributed by atoms with van der Waals surface area (Å²) in [6.07, 6.45) is 33.9. The van der Waals surface area contributed by atoms with Gasteiger partial charge in [0.25, 0.3) is 0 Å². The molecule has 4 heteroatoms. The van der Waals surface area contributed by atoms with Gasteiger partial charge in [0, 0.05) is 13.2 Å². The summed E-state index contributed by atoms with van der Waals surface area (Å²) in [6, 6.07) is 0. The molecule has 2 radical (unpaired) electrons. The van der Waals surface area contributed by atoms with Gasteiger partial charge in [0.2, 0.25) is 0 Å². The molecule has 0 aliphatic heterocycles. The molecule has 0 spiro atoms. The van der Waals surface area contributed by atoms with Gasteiger partial charge >= 0.3 is 11.6 Å². The van der Waals surface area contributed by atoms with E-state index in [1.807, 2.05) is 0 Å². The number of unbranched alkanes of at least 4 members (excludes halogenated alkanes) is 22. The fourth-order valence-corrected chi connectivity index (χ4v) is 4.59. The summed E-state index contributed by atoms with van der Waals surface area (Å²) >= 11 is 0. The molecule has 0 N–H and O–H groups in total. The largest absolute Gasteiger partial charge is 1.00 e. The first-order chi connectivity index (χ1) is 16.8. The molecule has 0 fully saturated rings. The molecule has 0 saturated heterocycles. The lowest BCUT2D eigenvalue weighted by Gasteiger charge is -2.15. The van der Waals surface area contributed by atoms with E-state index in [9.17, 15) is 0 Å². The lowest BCUT2D eigenvalue weighted by Crippen LogP contribution is -3.00. The lowest BCUT2D eigenvalue weighted by atomic mass is 10.1. The summed E-state index contributed by atoms with van der Waals surface area (Å²) < 4.78 is 11.7. The second-order valence-corrected chi connectivity index (χ2v) is 10.4. The van der Waals surface area contributed by atoms with Crippen molar-refractivity contribution in [3.05, 3.63) is 0 Å². The van der Waals surface area contributed by atoms with Gasteiger partial charge in [-0.3, -0.25) is 0 Å². The number of hydrogen-bond donors (Lipinski definition) is 0. The van der Waals surface area contributed by atoms with Crippen LogP contribution in [0.1, 0.15) is 174 Å². The summed E-state index contributed by atoms with van der Waals surface area (Å²) in [7, 11) is 0. The predicted molar refractivity (Wildman–Crippen MR) is 151 cm³/mol. The summed E-state index contributed by atoms with van der Waals surface area (Å²) in [6.45, 7) is 6.05. The smallest absolute Gasteiger partial charge is 0.414 e. The van der Waals surface area contributed by atoms with Crippen molar-refractivity contribution in [2.75, 3.05) is 13.2 Å². The van der Waals surface area contributed by atoms with Crippen LogP contribution in [0.2, 0.25) is 0 Å². The van der Waals surface area contributed by atoms with E-state index in [-0.39, 0.29) is 23.3 Å². The van der Waals surface area contributed by atoms with Crippen molar-refractivity contribution in [2.24, 2.45) is 0 Å². The molecule has 0 aromatic rings. The van der Waals surface area contributed by atoms with Crippen LogP contribution in [-0.4, -0.2) is 25.7 Å². The standard InChI is InChI=1S/C31H62NO2.BrH/c1-3-5-7-9-11-13-15-17-19-21-23-25-29-33-31(27-28-32)34-30-26-24-22-20-18-16-14-12-10-8-6-4-2;/h28,31H,3-27,29-30H2,1-2H3;1H/q+1;/p-1. The fourth-order valence-electron chi connectivity index (χ4n) is 4.59. The first-order valence-corrected chi connectivity index (χ1v) is 15.5. The van der Waals surface area contributed by atoms with Crippen molar-refractivity contribution in [3.8, 4) is 0 Å². The molecule has 0 aliphatic rings. The quantitative estimate of drug-likeness (QED) is 0.0539. The van der Waals surface area contributed by atoms with Crippen molar-refractivity contribution in [3.63, 3.8) is 0 Å². The molecule has 35 heavy (non-hydrogen) atoms. The van der Waals surface area contributed by atoms with Crippen molar-refractivity contribution in [2.45, 2.75) is 181 Å². The van der Waals surface area contributed by atoms with Crippen molar-refractivity contribution in [1.82, 2.24) is 5.41 Å². The fraction of sp³-hybridized carbons (Fsp3) is 0.968. The number of halogens is 1. The summed E-state index contributed by atoms with van der Waals surface area (Å²) in [5.74, 6) is 0. The van der Waals surface area contributed by atoms with E-state index in [2.05, 4.69) is 13.8 Å². The monoisotopic (exact) mass is 559 g/mol. The zero-order valence-electron chi connectivity index (χ0n) is 23.9. The van der Waals surface area contributed by atoms with Gasteiger partial charge in [0.1, 0.15) is 0 Å². The van der Waals surface area contributed by atoms with Crippen LogP contribution in [0.5, 0.6) is 0 Å². The van der Waals surface area contributed by atoms with E-state index < -0.39 is 0 Å². The first kappa shape index (κ1) is 37.2. The molecule has 3 nitrogen and oxygen atoms in total. The Morgan fingerprint density at radius 3 is 0.971 bits per heavy atom. The maximum absolute atomic E-state index is 9.16. The highest BCUT2D eigenvalue weighted by Gasteiger charge is 2.10. The van der Waals surface area contributed by atoms with Gasteiger partial charge in [-0.15, -0.1) is 0 Å². The van der Waals surface area contributed by atoms with E-state index in [4.69, 9.17) is 14.9 Å². The SMILES string of the molecule is CCCCCCCCCCCCCCOC(CC=[N+])OCCCCCCCCCCCCCC.[Br-]. The van der Waals surface area contributed by atoms with Crippen molar-refractivity contribution in [1.29, 1.82) is 0 Å². The third-order valence-electron chi connectivity index (χ3n) is 6.90. The highest BCUT2D eigenvalue weighted by molar-refractivity contribution is 5.54. The van der Waals surface area contributed by atoms with Crippen molar-refractivity contribution >= 4 is 6.21 Å². The Kier molecular flexibility index (Phi) is 36.2. The average Bonchev–Trinajstić information content (AvgIpc) is 2.84. The van der Waals surface area contributed by atoms with Crippen LogP contribution >= 0.6 is 0 Å². The maximum Gasteiger partial charge on any atom is 0.414 e. The Morgan fingerprint density at radius 2 is 0.714 bits per heavy atom. The van der Waals surface area contributed by atoms with Gasteiger partial charge in [-0.1, -0.05) is 155 Å². The molecule has 0 aromatic carbocycles. The van der Waals surface area contributed by atoms with Gasteiger partial charge in [0.15, 0.2) is 6.29 Å². The van der Waals surface area contributed by atoms with E-state index in [1.165, 1.54) is 147 Å². The Morgan fingerprint density at radius 1 is 0.457 bits per heavy atom.